The van der Waals surface area contributed by atoms with Crippen molar-refractivity contribution in [2.75, 3.05) is 43.9 Å². The van der Waals surface area contributed by atoms with E-state index >= 15 is 0 Å². The maximum atomic E-state index is 12.7. The molecule has 0 bridgehead atoms. The van der Waals surface area contributed by atoms with Gasteiger partial charge in [0.1, 0.15) is 5.75 Å². The van der Waals surface area contributed by atoms with Gasteiger partial charge in [0.2, 0.25) is 15.9 Å². The third-order valence-electron chi connectivity index (χ3n) is 4.61. The van der Waals surface area contributed by atoms with E-state index in [0.717, 1.165) is 11.3 Å². The number of benzene rings is 1. The van der Waals surface area contributed by atoms with Gasteiger partial charge in [0.05, 0.1) is 12.9 Å². The summed E-state index contributed by atoms with van der Waals surface area (Å²) in [6.45, 7) is 5.89. The lowest BCUT2D eigenvalue weighted by molar-refractivity contribution is 0.367. The Morgan fingerprint density at radius 2 is 1.93 bits per heavy atom. The van der Waals surface area contributed by atoms with Crippen molar-refractivity contribution in [3.63, 3.8) is 0 Å². The number of hydrogen-bond donors (Lipinski definition) is 0. The van der Waals surface area contributed by atoms with Crippen LogP contribution in [0.2, 0.25) is 0 Å². The van der Waals surface area contributed by atoms with Gasteiger partial charge in [0, 0.05) is 32.1 Å². The van der Waals surface area contributed by atoms with Gasteiger partial charge in [-0.1, -0.05) is 31.1 Å². The monoisotopic (exact) mass is 394 g/mol. The molecule has 1 saturated heterocycles. The summed E-state index contributed by atoms with van der Waals surface area (Å²) in [5.74, 6) is 1.58. The summed E-state index contributed by atoms with van der Waals surface area (Å²) in [4.78, 5) is 1.94. The number of piperazine rings is 1. The molecule has 27 heavy (non-hydrogen) atoms. The number of anilines is 1. The minimum absolute atomic E-state index is 0.0816. The summed E-state index contributed by atoms with van der Waals surface area (Å²) in [5.41, 5.74) is 0.948. The summed E-state index contributed by atoms with van der Waals surface area (Å²) < 4.78 is 37.7. The van der Waals surface area contributed by atoms with Crippen LogP contribution in [0.25, 0.3) is 0 Å². The highest BCUT2D eigenvalue weighted by atomic mass is 32.2. The van der Waals surface area contributed by atoms with Crippen LogP contribution in [0.15, 0.2) is 28.7 Å². The Balaban J connectivity index is 1.55. The predicted molar refractivity (Wildman–Crippen MR) is 103 cm³/mol. The van der Waals surface area contributed by atoms with E-state index < -0.39 is 10.0 Å². The van der Waals surface area contributed by atoms with Crippen LogP contribution in [-0.4, -0.2) is 62.0 Å². The van der Waals surface area contributed by atoms with Gasteiger partial charge in [-0.2, -0.15) is 4.31 Å². The van der Waals surface area contributed by atoms with Gasteiger partial charge in [-0.25, -0.2) is 8.42 Å². The summed E-state index contributed by atoms with van der Waals surface area (Å²) in [7, 11) is -1.72. The smallest absolute Gasteiger partial charge is 0.318 e. The van der Waals surface area contributed by atoms with Crippen LogP contribution >= 0.6 is 0 Å². The van der Waals surface area contributed by atoms with Crippen molar-refractivity contribution in [2.45, 2.75) is 26.2 Å². The second kappa shape index (κ2) is 8.26. The first-order chi connectivity index (χ1) is 12.9. The Kier molecular flexibility index (Phi) is 6.01. The van der Waals surface area contributed by atoms with Crippen LogP contribution in [0.5, 0.6) is 5.75 Å². The van der Waals surface area contributed by atoms with Crippen molar-refractivity contribution in [2.24, 2.45) is 0 Å². The van der Waals surface area contributed by atoms with Gasteiger partial charge in [0.25, 0.3) is 0 Å². The molecule has 1 aromatic heterocycles. The highest BCUT2D eigenvalue weighted by molar-refractivity contribution is 7.89. The van der Waals surface area contributed by atoms with E-state index in [-0.39, 0.29) is 11.7 Å². The normalized spacial score (nSPS) is 16.1. The summed E-state index contributed by atoms with van der Waals surface area (Å²) >= 11 is 0. The lowest BCUT2D eigenvalue weighted by atomic mass is 10.2. The summed E-state index contributed by atoms with van der Waals surface area (Å²) in [6, 6.07) is 7.97. The zero-order valence-corrected chi connectivity index (χ0v) is 16.8. The Labute approximate surface area is 160 Å². The molecule has 3 rings (SSSR count). The Morgan fingerprint density at radius 3 is 2.56 bits per heavy atom. The summed E-state index contributed by atoms with van der Waals surface area (Å²) in [5, 5.41) is 8.11. The first-order valence-electron chi connectivity index (χ1n) is 9.08. The number of aryl methyl sites for hydroxylation is 1. The number of methoxy groups -OCH3 is 1. The van der Waals surface area contributed by atoms with Crippen molar-refractivity contribution in [1.29, 1.82) is 0 Å². The minimum atomic E-state index is -3.32. The van der Waals surface area contributed by atoms with Crippen LogP contribution in [0.1, 0.15) is 31.2 Å². The molecule has 1 aliphatic rings. The van der Waals surface area contributed by atoms with E-state index in [0.29, 0.717) is 44.5 Å². The minimum Gasteiger partial charge on any atom is -0.497 e. The van der Waals surface area contributed by atoms with Gasteiger partial charge < -0.3 is 14.1 Å². The van der Waals surface area contributed by atoms with Crippen LogP contribution in [0, 0.1) is 0 Å². The number of rotatable bonds is 7. The van der Waals surface area contributed by atoms with Gasteiger partial charge in [-0.05, 0) is 24.1 Å². The predicted octanol–water partition coefficient (Wildman–Crippen LogP) is 1.90. The van der Waals surface area contributed by atoms with E-state index in [1.807, 2.05) is 43.0 Å². The first kappa shape index (κ1) is 19.6. The topological polar surface area (TPSA) is 88.8 Å². The number of ether oxygens (including phenoxy) is 1. The summed E-state index contributed by atoms with van der Waals surface area (Å²) in [6.07, 6.45) is 0.459. The number of hydrogen-bond acceptors (Lipinski definition) is 7. The van der Waals surface area contributed by atoms with Crippen LogP contribution in [0.3, 0.4) is 0 Å². The standard InChI is InChI=1S/C18H26N4O4S/c1-14(2)17-19-20-18(26-17)21-8-10-22(11-9-21)27(23,24)12-7-15-5-4-6-16(13-15)25-3/h4-6,13-14H,7-12H2,1-3H3. The van der Waals surface area contributed by atoms with Crippen molar-refractivity contribution < 1.29 is 17.6 Å². The fourth-order valence-electron chi connectivity index (χ4n) is 2.95. The van der Waals surface area contributed by atoms with Crippen LogP contribution in [-0.2, 0) is 16.4 Å². The Hall–Kier alpha value is -2.13. The van der Waals surface area contributed by atoms with Crippen LogP contribution in [0.4, 0.5) is 6.01 Å². The van der Waals surface area contributed by atoms with E-state index in [2.05, 4.69) is 10.2 Å². The average Bonchev–Trinajstić information content (AvgIpc) is 3.17. The molecule has 0 saturated carbocycles. The number of aromatic nitrogens is 2. The number of nitrogens with zero attached hydrogens (tertiary/aromatic N) is 4. The Bertz CT molecular complexity index is 858. The molecule has 0 amide bonds. The molecule has 1 aromatic carbocycles. The van der Waals surface area contributed by atoms with Crippen LogP contribution < -0.4 is 9.64 Å². The second-order valence-corrected chi connectivity index (χ2v) is 8.97. The molecular weight excluding hydrogens is 368 g/mol. The molecule has 0 radical (unpaired) electrons. The zero-order valence-electron chi connectivity index (χ0n) is 16.0. The van der Waals surface area contributed by atoms with E-state index in [4.69, 9.17) is 9.15 Å². The molecule has 9 heteroatoms. The molecular formula is C18H26N4O4S. The lowest BCUT2D eigenvalue weighted by Crippen LogP contribution is -2.49. The van der Waals surface area contributed by atoms with Gasteiger partial charge in [-0.15, -0.1) is 5.10 Å². The highest BCUT2D eigenvalue weighted by Gasteiger charge is 2.28. The van der Waals surface area contributed by atoms with Gasteiger partial charge in [-0.3, -0.25) is 0 Å². The van der Waals surface area contributed by atoms with Crippen molar-refractivity contribution in [3.05, 3.63) is 35.7 Å². The van der Waals surface area contributed by atoms with Crippen molar-refractivity contribution >= 4 is 16.0 Å². The molecule has 1 fully saturated rings. The molecule has 8 nitrogen and oxygen atoms in total. The third kappa shape index (κ3) is 4.78. The molecule has 0 aliphatic carbocycles. The molecule has 0 N–H and O–H groups in total. The molecule has 0 atom stereocenters. The highest BCUT2D eigenvalue weighted by Crippen LogP contribution is 2.21. The molecule has 2 heterocycles. The van der Waals surface area contributed by atoms with Crippen molar-refractivity contribution in [3.8, 4) is 5.75 Å². The average molecular weight is 394 g/mol. The fraction of sp³-hybridized carbons (Fsp3) is 0.556. The van der Waals surface area contributed by atoms with E-state index in [9.17, 15) is 8.42 Å². The largest absolute Gasteiger partial charge is 0.497 e. The lowest BCUT2D eigenvalue weighted by Gasteiger charge is -2.32. The first-order valence-corrected chi connectivity index (χ1v) is 10.7. The van der Waals surface area contributed by atoms with Crippen molar-refractivity contribution in [1.82, 2.24) is 14.5 Å². The number of sulfonamides is 1. The quantitative estimate of drug-likeness (QED) is 0.708. The fourth-order valence-corrected chi connectivity index (χ4v) is 4.42. The second-order valence-electron chi connectivity index (χ2n) is 6.88. The molecule has 0 unspecified atom stereocenters. The maximum absolute atomic E-state index is 12.7. The molecule has 148 valence electrons. The van der Waals surface area contributed by atoms with Gasteiger partial charge in [0.15, 0.2) is 0 Å². The SMILES string of the molecule is COc1cccc(CCS(=O)(=O)N2CCN(c3nnc(C(C)C)o3)CC2)c1. The molecule has 1 aliphatic heterocycles. The van der Waals surface area contributed by atoms with E-state index in [1.54, 1.807) is 11.4 Å². The van der Waals surface area contributed by atoms with E-state index in [1.165, 1.54) is 0 Å². The molecule has 0 spiro atoms. The maximum Gasteiger partial charge on any atom is 0.318 e. The Morgan fingerprint density at radius 1 is 1.19 bits per heavy atom. The third-order valence-corrected chi connectivity index (χ3v) is 6.48. The zero-order chi connectivity index (χ0) is 19.4. The molecule has 2 aromatic rings. The van der Waals surface area contributed by atoms with Gasteiger partial charge >= 0.3 is 6.01 Å².